The van der Waals surface area contributed by atoms with E-state index in [2.05, 4.69) is 230 Å². The van der Waals surface area contributed by atoms with E-state index in [0.717, 1.165) is 56.5 Å². The van der Waals surface area contributed by atoms with Crippen molar-refractivity contribution in [3.05, 3.63) is 217 Å². The van der Waals surface area contributed by atoms with Crippen LogP contribution in [0.25, 0.3) is 72.5 Å². The van der Waals surface area contributed by atoms with Crippen LogP contribution in [0.3, 0.4) is 0 Å². The smallest absolute Gasteiger partial charge is 0.160 e. The quantitative estimate of drug-likeness (QED) is 0.155. The second-order valence-corrected chi connectivity index (χ2v) is 15.3. The van der Waals surface area contributed by atoms with Crippen LogP contribution in [0, 0.1) is 20.8 Å². The van der Waals surface area contributed by atoms with Gasteiger partial charge in [0.25, 0.3) is 0 Å². The Bertz CT molecular complexity index is 2990. The number of nitrogens with zero attached hydrogens (tertiary/aromatic N) is 4. The van der Waals surface area contributed by atoms with E-state index in [0.29, 0.717) is 0 Å². The number of aryl methyl sites for hydroxylation is 3. The van der Waals surface area contributed by atoms with Crippen LogP contribution in [0.4, 0.5) is 17.1 Å². The molecule has 0 spiro atoms. The van der Waals surface area contributed by atoms with Crippen LogP contribution in [0.15, 0.2) is 200 Å². The van der Waals surface area contributed by atoms with E-state index < -0.39 is 0 Å². The van der Waals surface area contributed by atoms with E-state index in [9.17, 15) is 0 Å². The summed E-state index contributed by atoms with van der Waals surface area (Å²) in [6.45, 7) is 6.42. The molecule has 8 aromatic carbocycles. The molecule has 10 rings (SSSR count). The van der Waals surface area contributed by atoms with Crippen molar-refractivity contribution in [1.82, 2.24) is 14.5 Å². The van der Waals surface area contributed by atoms with Gasteiger partial charge in [0.2, 0.25) is 0 Å². The number of hydrogen-bond acceptors (Lipinski definition) is 3. The van der Waals surface area contributed by atoms with Gasteiger partial charge < -0.3 is 9.47 Å². The standard InChI is InChI=1S/C55H42N4/c1-37-18-22-41(23-19-37)50-36-51(57-55(56-50)43-24-20-38(2)21-25-43)42-28-26-40(27-29-42)44-30-32-52(39(3)34-44)59-53-17-11-10-16-48(53)49-35-47(31-33-54(49)59)58(45-12-6-4-7-13-45)46-14-8-5-9-15-46/h4-36H,1-3H3. The van der Waals surface area contributed by atoms with Gasteiger partial charge in [0.05, 0.1) is 22.4 Å². The topological polar surface area (TPSA) is 34.0 Å². The molecule has 59 heavy (non-hydrogen) atoms. The zero-order chi connectivity index (χ0) is 39.9. The van der Waals surface area contributed by atoms with E-state index in [1.165, 1.54) is 49.7 Å². The third-order valence-corrected chi connectivity index (χ3v) is 11.3. The summed E-state index contributed by atoms with van der Waals surface area (Å²) in [5, 5.41) is 2.44. The number of aromatic nitrogens is 3. The van der Waals surface area contributed by atoms with Crippen LogP contribution in [-0.2, 0) is 0 Å². The summed E-state index contributed by atoms with van der Waals surface area (Å²) in [6, 6.07) is 71.4. The summed E-state index contributed by atoms with van der Waals surface area (Å²) in [5.41, 5.74) is 17.8. The van der Waals surface area contributed by atoms with Crippen molar-refractivity contribution in [3.8, 4) is 50.7 Å². The first-order chi connectivity index (χ1) is 29.0. The molecule has 0 unspecified atom stereocenters. The first kappa shape index (κ1) is 35.8. The molecule has 0 aliphatic heterocycles. The van der Waals surface area contributed by atoms with E-state index in [1.54, 1.807) is 0 Å². The van der Waals surface area contributed by atoms with E-state index >= 15 is 0 Å². The number of rotatable bonds is 8. The summed E-state index contributed by atoms with van der Waals surface area (Å²) in [4.78, 5) is 12.4. The molecule has 2 aromatic heterocycles. The fourth-order valence-corrected chi connectivity index (χ4v) is 8.18. The third kappa shape index (κ3) is 6.85. The molecule has 0 radical (unpaired) electrons. The molecule has 0 fully saturated rings. The molecule has 0 saturated heterocycles. The average Bonchev–Trinajstić information content (AvgIpc) is 3.61. The lowest BCUT2D eigenvalue weighted by molar-refractivity contribution is 1.15. The van der Waals surface area contributed by atoms with Crippen molar-refractivity contribution >= 4 is 38.9 Å². The maximum atomic E-state index is 5.08. The maximum Gasteiger partial charge on any atom is 0.160 e. The minimum atomic E-state index is 0.722. The van der Waals surface area contributed by atoms with Crippen LogP contribution in [-0.4, -0.2) is 14.5 Å². The molecule has 0 saturated carbocycles. The molecule has 0 bridgehead atoms. The van der Waals surface area contributed by atoms with Gasteiger partial charge in [-0.1, -0.05) is 145 Å². The van der Waals surface area contributed by atoms with Crippen molar-refractivity contribution in [2.24, 2.45) is 0 Å². The Morgan fingerprint density at radius 2 is 0.881 bits per heavy atom. The second-order valence-electron chi connectivity index (χ2n) is 15.3. The van der Waals surface area contributed by atoms with Gasteiger partial charge in [-0.2, -0.15) is 0 Å². The second kappa shape index (κ2) is 15.1. The van der Waals surface area contributed by atoms with Gasteiger partial charge in [0.1, 0.15) is 0 Å². The molecule has 4 heteroatoms. The molecule has 2 heterocycles. The molecule has 0 aliphatic rings. The van der Waals surface area contributed by atoms with Gasteiger partial charge in [-0.25, -0.2) is 9.97 Å². The van der Waals surface area contributed by atoms with Gasteiger partial charge >= 0.3 is 0 Å². The van der Waals surface area contributed by atoms with Crippen LogP contribution in [0.1, 0.15) is 16.7 Å². The highest BCUT2D eigenvalue weighted by molar-refractivity contribution is 6.10. The zero-order valence-electron chi connectivity index (χ0n) is 33.3. The summed E-state index contributed by atoms with van der Waals surface area (Å²) < 4.78 is 2.42. The predicted molar refractivity (Wildman–Crippen MR) is 247 cm³/mol. The van der Waals surface area contributed by atoms with E-state index in [-0.39, 0.29) is 0 Å². The van der Waals surface area contributed by atoms with Crippen molar-refractivity contribution in [2.75, 3.05) is 4.90 Å². The molecule has 0 atom stereocenters. The molecule has 0 aliphatic carbocycles. The lowest BCUT2D eigenvalue weighted by atomic mass is 9.99. The Balaban J connectivity index is 1.01. The highest BCUT2D eigenvalue weighted by atomic mass is 15.1. The van der Waals surface area contributed by atoms with Crippen LogP contribution < -0.4 is 4.90 Å². The van der Waals surface area contributed by atoms with Crippen LogP contribution >= 0.6 is 0 Å². The Hall–Kier alpha value is -7.56. The fourth-order valence-electron chi connectivity index (χ4n) is 8.18. The first-order valence-corrected chi connectivity index (χ1v) is 20.2. The monoisotopic (exact) mass is 758 g/mol. The Kier molecular flexibility index (Phi) is 9.15. The summed E-state index contributed by atoms with van der Waals surface area (Å²) in [5.74, 6) is 0.722. The van der Waals surface area contributed by atoms with Crippen molar-refractivity contribution < 1.29 is 0 Å². The highest BCUT2D eigenvalue weighted by Gasteiger charge is 2.18. The van der Waals surface area contributed by atoms with Crippen LogP contribution in [0.5, 0.6) is 0 Å². The Labute approximate surface area is 345 Å². The van der Waals surface area contributed by atoms with E-state index in [4.69, 9.17) is 9.97 Å². The highest BCUT2D eigenvalue weighted by Crippen LogP contribution is 2.40. The van der Waals surface area contributed by atoms with E-state index in [1.807, 2.05) is 0 Å². The molecule has 0 N–H and O–H groups in total. The minimum absolute atomic E-state index is 0.722. The van der Waals surface area contributed by atoms with Crippen LogP contribution in [0.2, 0.25) is 0 Å². The summed E-state index contributed by atoms with van der Waals surface area (Å²) in [6.07, 6.45) is 0. The summed E-state index contributed by atoms with van der Waals surface area (Å²) >= 11 is 0. The van der Waals surface area contributed by atoms with Gasteiger partial charge in [0.15, 0.2) is 5.82 Å². The number of para-hydroxylation sites is 3. The number of anilines is 3. The third-order valence-electron chi connectivity index (χ3n) is 11.3. The lowest BCUT2D eigenvalue weighted by Gasteiger charge is -2.25. The fraction of sp³-hybridized carbons (Fsp3) is 0.0545. The number of hydrogen-bond donors (Lipinski definition) is 0. The van der Waals surface area contributed by atoms with Gasteiger partial charge in [0, 0.05) is 50.2 Å². The summed E-state index contributed by atoms with van der Waals surface area (Å²) in [7, 11) is 0. The molecular weight excluding hydrogens is 717 g/mol. The Morgan fingerprint density at radius 3 is 1.49 bits per heavy atom. The van der Waals surface area contributed by atoms with Gasteiger partial charge in [-0.3, -0.25) is 0 Å². The largest absolute Gasteiger partial charge is 0.310 e. The molecule has 10 aromatic rings. The molecular formula is C55H42N4. The number of benzene rings is 8. The normalized spacial score (nSPS) is 11.3. The lowest BCUT2D eigenvalue weighted by Crippen LogP contribution is -2.09. The minimum Gasteiger partial charge on any atom is -0.310 e. The average molecular weight is 759 g/mol. The molecule has 4 nitrogen and oxygen atoms in total. The maximum absolute atomic E-state index is 5.08. The van der Waals surface area contributed by atoms with Crippen molar-refractivity contribution in [2.45, 2.75) is 20.8 Å². The van der Waals surface area contributed by atoms with Gasteiger partial charge in [-0.05, 0) is 104 Å². The SMILES string of the molecule is Cc1ccc(-c2cc(-c3ccc(-c4ccc(-n5c6ccccc6c6cc(N(c7ccccc7)c7ccccc7)ccc65)c(C)c4)cc3)nc(-c3ccc(C)cc3)n2)cc1. The number of fused-ring (bicyclic) bond motifs is 3. The molecule has 282 valence electrons. The predicted octanol–water partition coefficient (Wildman–Crippen LogP) is 14.6. The van der Waals surface area contributed by atoms with Crippen molar-refractivity contribution in [1.29, 1.82) is 0 Å². The zero-order valence-corrected chi connectivity index (χ0v) is 33.3. The first-order valence-electron chi connectivity index (χ1n) is 20.2. The molecule has 0 amide bonds. The Morgan fingerprint density at radius 1 is 0.373 bits per heavy atom. The van der Waals surface area contributed by atoms with Crippen molar-refractivity contribution in [3.63, 3.8) is 0 Å². The van der Waals surface area contributed by atoms with Gasteiger partial charge in [-0.15, -0.1) is 0 Å².